The van der Waals surface area contributed by atoms with E-state index in [1.165, 1.54) is 6.20 Å². The molecule has 1 N–H and O–H groups in total. The van der Waals surface area contributed by atoms with E-state index in [-0.39, 0.29) is 6.04 Å². The van der Waals surface area contributed by atoms with Gasteiger partial charge >= 0.3 is 6.18 Å². The molecule has 2 heterocycles. The van der Waals surface area contributed by atoms with Crippen LogP contribution >= 0.6 is 11.3 Å². The summed E-state index contributed by atoms with van der Waals surface area (Å²) in [5.74, 6) is 0. The predicted octanol–water partition coefficient (Wildman–Crippen LogP) is 3.29. The van der Waals surface area contributed by atoms with Gasteiger partial charge in [0.05, 0.1) is 17.4 Å². The number of thiazole rings is 1. The minimum absolute atomic E-state index is 0.329. The highest BCUT2D eigenvalue weighted by atomic mass is 32.1. The fourth-order valence-electron chi connectivity index (χ4n) is 2.09. The maximum atomic E-state index is 12.7. The van der Waals surface area contributed by atoms with Gasteiger partial charge in [-0.3, -0.25) is 4.68 Å². The van der Waals surface area contributed by atoms with E-state index >= 15 is 0 Å². The Hall–Kier alpha value is -1.41. The standard InChI is InChI=1S/C13H17F3N4S/c1-4-5-17-11(9-6-8(2)19-20(9)3)10-7-18-12(21-10)13(14,15)16/h6-7,11,17H,4-5H2,1-3H3. The molecule has 0 aliphatic rings. The molecule has 0 aliphatic heterocycles. The van der Waals surface area contributed by atoms with Crippen molar-refractivity contribution in [3.8, 4) is 0 Å². The van der Waals surface area contributed by atoms with E-state index < -0.39 is 11.2 Å². The lowest BCUT2D eigenvalue weighted by molar-refractivity contribution is -0.137. The number of nitrogens with zero attached hydrogens (tertiary/aromatic N) is 3. The molecule has 2 aromatic rings. The van der Waals surface area contributed by atoms with Crippen molar-refractivity contribution >= 4 is 11.3 Å². The first-order valence-electron chi connectivity index (χ1n) is 6.59. The molecule has 8 heteroatoms. The van der Waals surface area contributed by atoms with E-state index in [0.29, 0.717) is 22.8 Å². The van der Waals surface area contributed by atoms with Crippen molar-refractivity contribution in [1.82, 2.24) is 20.1 Å². The fourth-order valence-corrected chi connectivity index (χ4v) is 2.96. The van der Waals surface area contributed by atoms with Crippen LogP contribution in [0.25, 0.3) is 0 Å². The number of alkyl halides is 3. The number of nitrogens with one attached hydrogen (secondary N) is 1. The minimum Gasteiger partial charge on any atom is -0.304 e. The van der Waals surface area contributed by atoms with Crippen molar-refractivity contribution < 1.29 is 13.2 Å². The van der Waals surface area contributed by atoms with Crippen molar-refractivity contribution in [2.75, 3.05) is 6.54 Å². The largest absolute Gasteiger partial charge is 0.443 e. The second-order valence-corrected chi connectivity index (χ2v) is 5.85. The molecular formula is C13H17F3N4S. The molecule has 0 fully saturated rings. The van der Waals surface area contributed by atoms with E-state index in [2.05, 4.69) is 15.4 Å². The molecule has 0 saturated heterocycles. The van der Waals surface area contributed by atoms with Crippen LogP contribution in [0, 0.1) is 6.92 Å². The van der Waals surface area contributed by atoms with Crippen LogP contribution in [0.4, 0.5) is 13.2 Å². The van der Waals surface area contributed by atoms with Crippen molar-refractivity contribution in [1.29, 1.82) is 0 Å². The molecule has 0 saturated carbocycles. The van der Waals surface area contributed by atoms with Crippen LogP contribution in [-0.4, -0.2) is 21.3 Å². The van der Waals surface area contributed by atoms with Crippen LogP contribution in [0.3, 0.4) is 0 Å². The van der Waals surface area contributed by atoms with Gasteiger partial charge in [-0.15, -0.1) is 11.3 Å². The Bertz CT molecular complexity index is 603. The van der Waals surface area contributed by atoms with Crippen molar-refractivity contribution in [2.24, 2.45) is 7.05 Å². The quantitative estimate of drug-likeness (QED) is 0.920. The number of hydrogen-bond donors (Lipinski definition) is 1. The molecule has 4 nitrogen and oxygen atoms in total. The fraction of sp³-hybridized carbons (Fsp3) is 0.538. The van der Waals surface area contributed by atoms with E-state index in [0.717, 1.165) is 17.8 Å². The molecule has 1 unspecified atom stereocenters. The van der Waals surface area contributed by atoms with Gasteiger partial charge in [-0.2, -0.15) is 18.3 Å². The van der Waals surface area contributed by atoms with Crippen LogP contribution in [0.15, 0.2) is 12.3 Å². The first kappa shape index (κ1) is 16.0. The summed E-state index contributed by atoms with van der Waals surface area (Å²) in [6.07, 6.45) is -2.22. The van der Waals surface area contributed by atoms with E-state index in [1.54, 1.807) is 11.7 Å². The van der Waals surface area contributed by atoms with Crippen LogP contribution in [0.2, 0.25) is 0 Å². The summed E-state index contributed by atoms with van der Waals surface area (Å²) in [7, 11) is 1.79. The summed E-state index contributed by atoms with van der Waals surface area (Å²) in [4.78, 5) is 4.04. The van der Waals surface area contributed by atoms with Crippen molar-refractivity contribution in [3.05, 3.63) is 33.5 Å². The molecule has 0 radical (unpaired) electrons. The molecule has 0 aliphatic carbocycles. The molecule has 0 aromatic carbocycles. The Morgan fingerprint density at radius 1 is 1.43 bits per heavy atom. The van der Waals surface area contributed by atoms with Gasteiger partial charge in [0.15, 0.2) is 5.01 Å². The Morgan fingerprint density at radius 3 is 2.62 bits per heavy atom. The highest BCUT2D eigenvalue weighted by Crippen LogP contribution is 2.36. The van der Waals surface area contributed by atoms with E-state index in [1.807, 2.05) is 19.9 Å². The lowest BCUT2D eigenvalue weighted by Gasteiger charge is -2.17. The number of aryl methyl sites for hydroxylation is 2. The summed E-state index contributed by atoms with van der Waals surface area (Å²) >= 11 is 0.671. The SMILES string of the molecule is CCCNC(c1cnc(C(F)(F)F)s1)c1cc(C)nn1C. The molecule has 0 bridgehead atoms. The molecule has 2 aromatic heterocycles. The molecular weight excluding hydrogens is 301 g/mol. The Kier molecular flexibility index (Phi) is 4.67. The van der Waals surface area contributed by atoms with Gasteiger partial charge in [0.1, 0.15) is 0 Å². The van der Waals surface area contributed by atoms with Crippen LogP contribution in [0.5, 0.6) is 0 Å². The number of rotatable bonds is 5. The average molecular weight is 318 g/mol. The van der Waals surface area contributed by atoms with Gasteiger partial charge in [-0.1, -0.05) is 6.92 Å². The number of aromatic nitrogens is 3. The lowest BCUT2D eigenvalue weighted by Crippen LogP contribution is -2.24. The monoisotopic (exact) mass is 318 g/mol. The third-order valence-corrected chi connectivity index (χ3v) is 4.09. The third-order valence-electron chi connectivity index (χ3n) is 2.98. The van der Waals surface area contributed by atoms with E-state index in [9.17, 15) is 13.2 Å². The Balaban J connectivity index is 2.36. The van der Waals surface area contributed by atoms with E-state index in [4.69, 9.17) is 0 Å². The maximum absolute atomic E-state index is 12.7. The summed E-state index contributed by atoms with van der Waals surface area (Å²) in [6, 6.07) is 1.55. The maximum Gasteiger partial charge on any atom is 0.443 e. The van der Waals surface area contributed by atoms with Gasteiger partial charge in [0.25, 0.3) is 0 Å². The first-order valence-corrected chi connectivity index (χ1v) is 7.41. The highest BCUT2D eigenvalue weighted by molar-refractivity contribution is 7.11. The topological polar surface area (TPSA) is 42.7 Å². The Labute approximate surface area is 125 Å². The van der Waals surface area contributed by atoms with Gasteiger partial charge in [-0.05, 0) is 26.0 Å². The normalized spacial score (nSPS) is 13.6. The second-order valence-electron chi connectivity index (χ2n) is 4.79. The zero-order valence-corrected chi connectivity index (χ0v) is 12.8. The van der Waals surface area contributed by atoms with Gasteiger partial charge in [-0.25, -0.2) is 4.98 Å². The third kappa shape index (κ3) is 3.62. The number of halogens is 3. The summed E-state index contributed by atoms with van der Waals surface area (Å²) in [6.45, 7) is 4.56. The van der Waals surface area contributed by atoms with Gasteiger partial charge < -0.3 is 5.32 Å². The molecule has 0 amide bonds. The van der Waals surface area contributed by atoms with Crippen LogP contribution in [-0.2, 0) is 13.2 Å². The minimum atomic E-state index is -4.40. The highest BCUT2D eigenvalue weighted by Gasteiger charge is 2.35. The zero-order valence-electron chi connectivity index (χ0n) is 12.0. The second kappa shape index (κ2) is 6.15. The first-order chi connectivity index (χ1) is 9.82. The van der Waals surface area contributed by atoms with Gasteiger partial charge in [0, 0.05) is 18.1 Å². The zero-order chi connectivity index (χ0) is 15.6. The molecule has 2 rings (SSSR count). The number of hydrogen-bond acceptors (Lipinski definition) is 4. The molecule has 116 valence electrons. The van der Waals surface area contributed by atoms with Crippen LogP contribution in [0.1, 0.15) is 40.7 Å². The lowest BCUT2D eigenvalue weighted by atomic mass is 10.1. The molecule has 21 heavy (non-hydrogen) atoms. The molecule has 1 atom stereocenters. The summed E-state index contributed by atoms with van der Waals surface area (Å²) in [5.41, 5.74) is 1.66. The smallest absolute Gasteiger partial charge is 0.304 e. The summed E-state index contributed by atoms with van der Waals surface area (Å²) < 4.78 is 39.8. The van der Waals surface area contributed by atoms with Crippen molar-refractivity contribution in [3.63, 3.8) is 0 Å². The predicted molar refractivity (Wildman–Crippen MR) is 75.2 cm³/mol. The Morgan fingerprint density at radius 2 is 2.14 bits per heavy atom. The molecule has 0 spiro atoms. The van der Waals surface area contributed by atoms with Crippen LogP contribution < -0.4 is 5.32 Å². The summed E-state index contributed by atoms with van der Waals surface area (Å²) in [5, 5.41) is 6.70. The van der Waals surface area contributed by atoms with Crippen molar-refractivity contribution in [2.45, 2.75) is 32.5 Å². The van der Waals surface area contributed by atoms with Gasteiger partial charge in [0.2, 0.25) is 0 Å². The average Bonchev–Trinajstić information content (AvgIpc) is 2.97.